The maximum absolute atomic E-state index is 10.2. The van der Waals surface area contributed by atoms with Gasteiger partial charge in [0.25, 0.3) is 0 Å². The number of pyridine rings is 1. The first-order valence-electron chi connectivity index (χ1n) is 3.05. The van der Waals surface area contributed by atoms with Gasteiger partial charge in [-0.05, 0) is 12.1 Å². The summed E-state index contributed by atoms with van der Waals surface area (Å²) in [5, 5.41) is 8.42. The van der Waals surface area contributed by atoms with Crippen LogP contribution in [0.3, 0.4) is 0 Å². The number of aromatic nitrogens is 1. The maximum atomic E-state index is 10.2. The number of carboxylic acid groups (broad SMARTS) is 1. The third-order valence-corrected chi connectivity index (χ3v) is 1.59. The molecule has 58 valence electrons. The quantitative estimate of drug-likeness (QED) is 0.649. The number of carboxylic acids is 1. The number of rotatable bonds is 2. The van der Waals surface area contributed by atoms with Crippen LogP contribution in [-0.2, 0) is 11.2 Å². The smallest absolute Gasteiger partial charge is 0.309 e. The first kappa shape index (κ1) is 8.07. The summed E-state index contributed by atoms with van der Waals surface area (Å²) >= 11 is 4.05. The number of nitrogens with zero attached hydrogens (tertiary/aromatic N) is 1. The molecule has 0 bridgehead atoms. The molecule has 4 heteroatoms. The summed E-state index contributed by atoms with van der Waals surface area (Å²) in [5.41, 5.74) is 0.503. The van der Waals surface area contributed by atoms with Crippen molar-refractivity contribution in [3.05, 3.63) is 24.0 Å². The van der Waals surface area contributed by atoms with E-state index in [4.69, 9.17) is 5.11 Å². The molecule has 0 spiro atoms. The summed E-state index contributed by atoms with van der Waals surface area (Å²) in [6, 6.07) is 3.43. The van der Waals surface area contributed by atoms with Crippen molar-refractivity contribution in [2.45, 2.75) is 11.3 Å². The normalized spacial score (nSPS) is 9.55. The van der Waals surface area contributed by atoms with E-state index in [1.165, 1.54) is 0 Å². The van der Waals surface area contributed by atoms with Crippen LogP contribution < -0.4 is 0 Å². The van der Waals surface area contributed by atoms with E-state index < -0.39 is 5.97 Å². The van der Waals surface area contributed by atoms with Crippen LogP contribution in [0.15, 0.2) is 23.2 Å². The van der Waals surface area contributed by atoms with Crippen molar-refractivity contribution >= 4 is 18.6 Å². The van der Waals surface area contributed by atoms with E-state index in [1.54, 1.807) is 18.3 Å². The summed E-state index contributed by atoms with van der Waals surface area (Å²) in [6.45, 7) is 0. The van der Waals surface area contributed by atoms with Gasteiger partial charge in [-0.15, -0.1) is 12.6 Å². The zero-order valence-electron chi connectivity index (χ0n) is 5.69. The highest BCUT2D eigenvalue weighted by Crippen LogP contribution is 2.09. The first-order chi connectivity index (χ1) is 5.20. The predicted molar refractivity (Wildman–Crippen MR) is 42.8 cm³/mol. The zero-order valence-corrected chi connectivity index (χ0v) is 6.58. The van der Waals surface area contributed by atoms with Gasteiger partial charge >= 0.3 is 5.97 Å². The number of hydrogen-bond donors (Lipinski definition) is 2. The summed E-state index contributed by atoms with van der Waals surface area (Å²) in [4.78, 5) is 14.7. The molecule has 0 saturated carbocycles. The molecule has 0 fully saturated rings. The molecule has 11 heavy (non-hydrogen) atoms. The van der Waals surface area contributed by atoms with E-state index in [2.05, 4.69) is 17.6 Å². The number of thiol groups is 1. The van der Waals surface area contributed by atoms with E-state index in [0.29, 0.717) is 10.6 Å². The van der Waals surface area contributed by atoms with Gasteiger partial charge in [-0.25, -0.2) is 0 Å². The average molecular weight is 169 g/mol. The zero-order chi connectivity index (χ0) is 8.27. The molecule has 0 aliphatic carbocycles. The first-order valence-corrected chi connectivity index (χ1v) is 3.49. The summed E-state index contributed by atoms with van der Waals surface area (Å²) < 4.78 is 0. The van der Waals surface area contributed by atoms with Crippen LogP contribution in [0.1, 0.15) is 5.69 Å². The monoisotopic (exact) mass is 169 g/mol. The molecular weight excluding hydrogens is 162 g/mol. The Balaban J connectivity index is 2.86. The maximum Gasteiger partial charge on any atom is 0.309 e. The molecule has 0 aromatic carbocycles. The van der Waals surface area contributed by atoms with Gasteiger partial charge in [0.05, 0.1) is 12.1 Å². The Morgan fingerprint density at radius 2 is 2.45 bits per heavy atom. The topological polar surface area (TPSA) is 50.2 Å². The minimum absolute atomic E-state index is 0.0698. The predicted octanol–water partition coefficient (Wildman–Crippen LogP) is 0.997. The van der Waals surface area contributed by atoms with E-state index in [0.717, 1.165) is 0 Å². The van der Waals surface area contributed by atoms with Crippen molar-refractivity contribution in [3.8, 4) is 0 Å². The Labute approximate surface area is 69.5 Å². The van der Waals surface area contributed by atoms with Gasteiger partial charge in [-0.1, -0.05) is 0 Å². The van der Waals surface area contributed by atoms with Gasteiger partial charge in [0.2, 0.25) is 0 Å². The molecule has 1 aromatic heterocycles. The fourth-order valence-electron chi connectivity index (χ4n) is 0.709. The van der Waals surface area contributed by atoms with Gasteiger partial charge in [-0.2, -0.15) is 0 Å². The number of aliphatic carboxylic acids is 1. The van der Waals surface area contributed by atoms with E-state index in [9.17, 15) is 4.79 Å². The summed E-state index contributed by atoms with van der Waals surface area (Å²) in [5.74, 6) is -0.890. The highest BCUT2D eigenvalue weighted by molar-refractivity contribution is 7.80. The lowest BCUT2D eigenvalue weighted by Crippen LogP contribution is -2.02. The van der Waals surface area contributed by atoms with Gasteiger partial charge in [0.1, 0.15) is 0 Å². The Morgan fingerprint density at radius 3 is 3.00 bits per heavy atom. The second-order valence-corrected chi connectivity index (χ2v) is 2.52. The Hall–Kier alpha value is -1.03. The van der Waals surface area contributed by atoms with Crippen molar-refractivity contribution in [2.24, 2.45) is 0 Å². The molecule has 0 atom stereocenters. The van der Waals surface area contributed by atoms with Crippen LogP contribution in [-0.4, -0.2) is 16.1 Å². The van der Waals surface area contributed by atoms with E-state index >= 15 is 0 Å². The molecule has 1 aromatic rings. The van der Waals surface area contributed by atoms with Crippen LogP contribution in [0, 0.1) is 0 Å². The van der Waals surface area contributed by atoms with Gasteiger partial charge in [0, 0.05) is 11.1 Å². The lowest BCUT2D eigenvalue weighted by molar-refractivity contribution is -0.136. The Bertz CT molecular complexity index is 275. The van der Waals surface area contributed by atoms with Crippen LogP contribution in [0.25, 0.3) is 0 Å². The van der Waals surface area contributed by atoms with Crippen LogP contribution in [0.2, 0.25) is 0 Å². The molecular formula is C7H7NO2S. The van der Waals surface area contributed by atoms with Crippen LogP contribution in [0.4, 0.5) is 0 Å². The SMILES string of the molecule is O=C(O)Cc1ncccc1S. The van der Waals surface area contributed by atoms with E-state index in [-0.39, 0.29) is 6.42 Å². The third kappa shape index (κ3) is 2.23. The molecule has 0 aliphatic rings. The molecule has 0 saturated heterocycles. The standard InChI is InChI=1S/C7H7NO2S/c9-7(10)4-5-6(11)2-1-3-8-5/h1-3,11H,4H2,(H,9,10). The van der Waals surface area contributed by atoms with E-state index in [1.807, 2.05) is 0 Å². The van der Waals surface area contributed by atoms with Crippen molar-refractivity contribution in [2.75, 3.05) is 0 Å². The van der Waals surface area contributed by atoms with Gasteiger partial charge in [0.15, 0.2) is 0 Å². The van der Waals surface area contributed by atoms with Gasteiger partial charge in [-0.3, -0.25) is 9.78 Å². The van der Waals surface area contributed by atoms with Crippen molar-refractivity contribution in [3.63, 3.8) is 0 Å². The molecule has 0 aliphatic heterocycles. The van der Waals surface area contributed by atoms with Crippen molar-refractivity contribution in [1.29, 1.82) is 0 Å². The summed E-state index contributed by atoms with van der Waals surface area (Å²) in [6.07, 6.45) is 1.48. The second kappa shape index (κ2) is 3.39. The highest BCUT2D eigenvalue weighted by atomic mass is 32.1. The number of hydrogen-bond acceptors (Lipinski definition) is 3. The lowest BCUT2D eigenvalue weighted by atomic mass is 10.3. The summed E-state index contributed by atoms with van der Waals surface area (Å²) in [7, 11) is 0. The van der Waals surface area contributed by atoms with Crippen molar-refractivity contribution in [1.82, 2.24) is 4.98 Å². The van der Waals surface area contributed by atoms with Gasteiger partial charge < -0.3 is 5.11 Å². The molecule has 3 nitrogen and oxygen atoms in total. The highest BCUT2D eigenvalue weighted by Gasteiger charge is 2.03. The molecule has 0 amide bonds. The fraction of sp³-hybridized carbons (Fsp3) is 0.143. The van der Waals surface area contributed by atoms with Crippen molar-refractivity contribution < 1.29 is 9.90 Å². The van der Waals surface area contributed by atoms with Crippen LogP contribution >= 0.6 is 12.6 Å². The Morgan fingerprint density at radius 1 is 1.73 bits per heavy atom. The van der Waals surface area contributed by atoms with Crippen LogP contribution in [0.5, 0.6) is 0 Å². The second-order valence-electron chi connectivity index (χ2n) is 2.04. The number of carbonyl (C=O) groups is 1. The average Bonchev–Trinajstić information content (AvgIpc) is 1.93. The molecule has 1 N–H and O–H groups in total. The minimum Gasteiger partial charge on any atom is -0.481 e. The molecule has 1 heterocycles. The Kier molecular flexibility index (Phi) is 2.48. The largest absolute Gasteiger partial charge is 0.481 e. The third-order valence-electron chi connectivity index (χ3n) is 1.18. The fourth-order valence-corrected chi connectivity index (χ4v) is 0.932. The lowest BCUT2D eigenvalue weighted by Gasteiger charge is -1.97. The minimum atomic E-state index is -0.890. The molecule has 0 unspecified atom stereocenters. The molecule has 0 radical (unpaired) electrons. The molecule has 1 rings (SSSR count).